The lowest BCUT2D eigenvalue weighted by molar-refractivity contribution is 0.289. The Morgan fingerprint density at radius 3 is 2.84 bits per heavy atom. The molecule has 0 amide bonds. The zero-order chi connectivity index (χ0) is 13.2. The summed E-state index contributed by atoms with van der Waals surface area (Å²) in [6.07, 6.45) is 6.76. The van der Waals surface area contributed by atoms with Crippen LogP contribution < -0.4 is 10.6 Å². The monoisotopic (exact) mass is 262 g/mol. The average molecular weight is 262 g/mol. The van der Waals surface area contributed by atoms with Gasteiger partial charge in [-0.25, -0.2) is 0 Å². The number of furan rings is 1. The lowest BCUT2D eigenvalue weighted by Crippen LogP contribution is -2.42. The third-order valence-corrected chi connectivity index (χ3v) is 4.84. The molecule has 19 heavy (non-hydrogen) atoms. The number of hydrogen-bond donors (Lipinski definition) is 2. The van der Waals surface area contributed by atoms with E-state index in [0.29, 0.717) is 12.1 Å². The molecule has 1 saturated carbocycles. The summed E-state index contributed by atoms with van der Waals surface area (Å²) in [5.74, 6) is 2.88. The van der Waals surface area contributed by atoms with E-state index in [9.17, 15) is 0 Å². The van der Waals surface area contributed by atoms with Gasteiger partial charge in [-0.1, -0.05) is 6.42 Å². The fourth-order valence-corrected chi connectivity index (χ4v) is 3.84. The van der Waals surface area contributed by atoms with Crippen LogP contribution in [0.4, 0.5) is 0 Å². The Kier molecular flexibility index (Phi) is 3.94. The van der Waals surface area contributed by atoms with Crippen molar-refractivity contribution in [1.82, 2.24) is 10.6 Å². The van der Waals surface area contributed by atoms with Crippen LogP contribution in [-0.4, -0.2) is 18.6 Å². The van der Waals surface area contributed by atoms with Gasteiger partial charge in [-0.2, -0.15) is 0 Å². The van der Waals surface area contributed by atoms with Crippen molar-refractivity contribution < 1.29 is 4.42 Å². The molecule has 1 aromatic rings. The van der Waals surface area contributed by atoms with Gasteiger partial charge in [0, 0.05) is 12.1 Å². The van der Waals surface area contributed by atoms with E-state index in [0.717, 1.165) is 23.5 Å². The second kappa shape index (κ2) is 5.68. The first-order valence-electron chi connectivity index (χ1n) is 7.80. The molecule has 3 rings (SSSR count). The molecular formula is C16H26N2O. The second-order valence-electron chi connectivity index (χ2n) is 6.24. The molecule has 2 heterocycles. The van der Waals surface area contributed by atoms with E-state index in [-0.39, 0.29) is 0 Å². The standard InChI is InChI=1S/C16H26N2O/c1-11-8-9-16(19-11)12(2)18-15-6-3-5-13(15)14-7-4-10-17-14/h8-9,12-15,17-18H,3-7,10H2,1-2H3. The van der Waals surface area contributed by atoms with Crippen molar-refractivity contribution in [1.29, 1.82) is 0 Å². The Labute approximate surface area is 116 Å². The number of rotatable bonds is 4. The summed E-state index contributed by atoms with van der Waals surface area (Å²) < 4.78 is 5.74. The van der Waals surface area contributed by atoms with E-state index in [1.807, 2.05) is 6.92 Å². The molecule has 0 bridgehead atoms. The Morgan fingerprint density at radius 1 is 1.26 bits per heavy atom. The Balaban J connectivity index is 1.61. The smallest absolute Gasteiger partial charge is 0.120 e. The second-order valence-corrected chi connectivity index (χ2v) is 6.24. The third kappa shape index (κ3) is 2.87. The number of hydrogen-bond acceptors (Lipinski definition) is 3. The van der Waals surface area contributed by atoms with Crippen LogP contribution in [0.2, 0.25) is 0 Å². The molecule has 3 heteroatoms. The molecule has 1 aliphatic carbocycles. The molecule has 0 aromatic carbocycles. The molecule has 2 fully saturated rings. The highest BCUT2D eigenvalue weighted by Crippen LogP contribution is 2.33. The Hall–Kier alpha value is -0.800. The van der Waals surface area contributed by atoms with Crippen molar-refractivity contribution in [2.75, 3.05) is 6.54 Å². The highest BCUT2D eigenvalue weighted by atomic mass is 16.3. The van der Waals surface area contributed by atoms with Gasteiger partial charge >= 0.3 is 0 Å². The maximum atomic E-state index is 5.74. The first kappa shape index (κ1) is 13.2. The van der Waals surface area contributed by atoms with Crippen molar-refractivity contribution >= 4 is 0 Å². The molecule has 0 spiro atoms. The summed E-state index contributed by atoms with van der Waals surface area (Å²) in [6, 6.07) is 5.87. The van der Waals surface area contributed by atoms with Gasteiger partial charge in [0.05, 0.1) is 6.04 Å². The van der Waals surface area contributed by atoms with Gasteiger partial charge in [0.1, 0.15) is 11.5 Å². The normalized spacial score (nSPS) is 32.8. The molecule has 106 valence electrons. The number of nitrogens with one attached hydrogen (secondary N) is 2. The van der Waals surface area contributed by atoms with Gasteiger partial charge in [0.15, 0.2) is 0 Å². The Morgan fingerprint density at radius 2 is 2.16 bits per heavy atom. The lowest BCUT2D eigenvalue weighted by Gasteiger charge is -2.28. The maximum Gasteiger partial charge on any atom is 0.120 e. The summed E-state index contributed by atoms with van der Waals surface area (Å²) in [4.78, 5) is 0. The van der Waals surface area contributed by atoms with Crippen LogP contribution in [0.25, 0.3) is 0 Å². The lowest BCUT2D eigenvalue weighted by atomic mass is 9.92. The highest BCUT2D eigenvalue weighted by Gasteiger charge is 2.35. The SMILES string of the molecule is Cc1ccc(C(C)NC2CCCC2C2CCCN2)o1. The molecule has 1 aromatic heterocycles. The summed E-state index contributed by atoms with van der Waals surface area (Å²) >= 11 is 0. The molecule has 4 atom stereocenters. The Bertz CT molecular complexity index is 409. The molecule has 3 nitrogen and oxygen atoms in total. The average Bonchev–Trinajstić information content (AvgIpc) is 3.07. The highest BCUT2D eigenvalue weighted by molar-refractivity contribution is 5.09. The fraction of sp³-hybridized carbons (Fsp3) is 0.750. The van der Waals surface area contributed by atoms with Crippen LogP contribution >= 0.6 is 0 Å². The fourth-order valence-electron chi connectivity index (χ4n) is 3.84. The van der Waals surface area contributed by atoms with Crippen LogP contribution in [-0.2, 0) is 0 Å². The molecule has 4 unspecified atom stereocenters. The summed E-state index contributed by atoms with van der Waals surface area (Å²) in [5, 5.41) is 7.48. The summed E-state index contributed by atoms with van der Waals surface area (Å²) in [7, 11) is 0. The molecule has 1 aliphatic heterocycles. The van der Waals surface area contributed by atoms with Crippen LogP contribution in [0, 0.1) is 12.8 Å². The van der Waals surface area contributed by atoms with Gasteiger partial charge in [0.25, 0.3) is 0 Å². The van der Waals surface area contributed by atoms with E-state index in [2.05, 4.69) is 29.7 Å². The minimum atomic E-state index is 0.320. The topological polar surface area (TPSA) is 37.2 Å². The van der Waals surface area contributed by atoms with Crippen LogP contribution in [0.1, 0.15) is 56.6 Å². The minimum absolute atomic E-state index is 0.320. The summed E-state index contributed by atoms with van der Waals surface area (Å²) in [6.45, 7) is 5.44. The number of aryl methyl sites for hydroxylation is 1. The van der Waals surface area contributed by atoms with Crippen LogP contribution in [0.15, 0.2) is 16.5 Å². The van der Waals surface area contributed by atoms with Gasteiger partial charge in [-0.05, 0) is 64.1 Å². The molecule has 1 saturated heterocycles. The minimum Gasteiger partial charge on any atom is -0.465 e. The van der Waals surface area contributed by atoms with Crippen LogP contribution in [0.5, 0.6) is 0 Å². The third-order valence-electron chi connectivity index (χ3n) is 4.84. The van der Waals surface area contributed by atoms with Crippen molar-refractivity contribution in [3.05, 3.63) is 23.7 Å². The van der Waals surface area contributed by atoms with Crippen molar-refractivity contribution in [3.8, 4) is 0 Å². The van der Waals surface area contributed by atoms with Crippen molar-refractivity contribution in [2.24, 2.45) is 5.92 Å². The molecular weight excluding hydrogens is 236 g/mol. The van der Waals surface area contributed by atoms with Crippen LogP contribution in [0.3, 0.4) is 0 Å². The van der Waals surface area contributed by atoms with E-state index < -0.39 is 0 Å². The predicted octanol–water partition coefficient (Wildman–Crippen LogP) is 3.16. The zero-order valence-corrected chi connectivity index (χ0v) is 12.1. The van der Waals surface area contributed by atoms with E-state index >= 15 is 0 Å². The predicted molar refractivity (Wildman–Crippen MR) is 77.1 cm³/mol. The van der Waals surface area contributed by atoms with E-state index in [1.54, 1.807) is 0 Å². The van der Waals surface area contributed by atoms with E-state index in [1.165, 1.54) is 38.6 Å². The molecule has 2 N–H and O–H groups in total. The van der Waals surface area contributed by atoms with E-state index in [4.69, 9.17) is 4.42 Å². The molecule has 0 radical (unpaired) electrons. The first-order chi connectivity index (χ1) is 9.24. The largest absolute Gasteiger partial charge is 0.465 e. The van der Waals surface area contributed by atoms with Crippen molar-refractivity contribution in [2.45, 2.75) is 64.1 Å². The zero-order valence-electron chi connectivity index (χ0n) is 12.1. The quantitative estimate of drug-likeness (QED) is 0.875. The van der Waals surface area contributed by atoms with Gasteiger partial charge in [0.2, 0.25) is 0 Å². The van der Waals surface area contributed by atoms with Gasteiger partial charge in [-0.3, -0.25) is 0 Å². The first-order valence-corrected chi connectivity index (χ1v) is 7.80. The van der Waals surface area contributed by atoms with Crippen molar-refractivity contribution in [3.63, 3.8) is 0 Å². The van der Waals surface area contributed by atoms with Gasteiger partial charge in [-0.15, -0.1) is 0 Å². The summed E-state index contributed by atoms with van der Waals surface area (Å²) in [5.41, 5.74) is 0. The molecule has 2 aliphatic rings. The van der Waals surface area contributed by atoms with Gasteiger partial charge < -0.3 is 15.1 Å². The maximum absolute atomic E-state index is 5.74.